The summed E-state index contributed by atoms with van der Waals surface area (Å²) in [4.78, 5) is 3.37. The SMILES string of the molecule is Cl.Cl.Cl.N.N=C(N)Cc1ccc(OCCCCCCCOc2ccc(CC(=N)N)cc2)cc1.[C-]#[N+]Cc1ccc(OCCCCCCCOc2ccc(CC#N)cc2)cc1. The molecule has 328 valence electrons. The number of rotatable bonds is 26. The topological polar surface area (TPSA) is 200 Å². The summed E-state index contributed by atoms with van der Waals surface area (Å²) in [6.45, 7) is 10.2. The number of hydrogen-bond acceptors (Lipinski definition) is 8. The smallest absolute Gasteiger partial charge is 0.239 e. The Kier molecular flexibility index (Phi) is 33.9. The van der Waals surface area contributed by atoms with Crippen molar-refractivity contribution in [3.8, 4) is 29.1 Å². The molecule has 60 heavy (non-hydrogen) atoms. The molecule has 0 atom stereocenters. The zero-order valence-corrected chi connectivity index (χ0v) is 37.0. The van der Waals surface area contributed by atoms with E-state index < -0.39 is 0 Å². The van der Waals surface area contributed by atoms with E-state index in [2.05, 4.69) is 10.9 Å². The lowest BCUT2D eigenvalue weighted by Gasteiger charge is -2.08. The first-order chi connectivity index (χ1) is 27.3. The third kappa shape index (κ3) is 26.8. The predicted octanol–water partition coefficient (Wildman–Crippen LogP) is 11.1. The molecule has 14 heteroatoms. The Labute approximate surface area is 376 Å². The van der Waals surface area contributed by atoms with Gasteiger partial charge in [-0.15, -0.1) is 37.2 Å². The van der Waals surface area contributed by atoms with Gasteiger partial charge in [-0.3, -0.25) is 10.8 Å². The molecule has 0 radical (unpaired) electrons. The standard InChI is InChI=1S/C23H32N4O2.C23H26N2O2.3ClH.H3N/c24-22(25)16-18-6-10-20(11-7-18)28-14-4-2-1-3-5-15-29-21-12-8-19(9-13-21)17-23(26)27;1-25-19-21-9-13-23(14-10-21)27-18-6-4-2-3-5-17-26-22-11-7-20(8-12-22)15-16-24;;;;/h6-13H,1-5,14-17H2,(H3,24,25)(H3,26,27);7-14H,2-6,15,17-19H2;3*1H;1H3. The van der Waals surface area contributed by atoms with Gasteiger partial charge in [-0.1, -0.05) is 74.9 Å². The first kappa shape index (κ1) is 56.9. The van der Waals surface area contributed by atoms with Crippen LogP contribution in [0.4, 0.5) is 0 Å². The van der Waals surface area contributed by atoms with Crippen LogP contribution in [0.15, 0.2) is 97.1 Å². The Hall–Kier alpha value is -5.17. The maximum absolute atomic E-state index is 8.65. The summed E-state index contributed by atoms with van der Waals surface area (Å²) >= 11 is 0. The molecule has 4 rings (SSSR count). The Morgan fingerprint density at radius 2 is 0.750 bits per heavy atom. The van der Waals surface area contributed by atoms with Gasteiger partial charge in [-0.05, 0) is 103 Å². The number of benzene rings is 4. The largest absolute Gasteiger partial charge is 0.494 e. The third-order valence-corrected chi connectivity index (χ3v) is 8.68. The van der Waals surface area contributed by atoms with E-state index in [1.54, 1.807) is 0 Å². The van der Waals surface area contributed by atoms with Gasteiger partial charge in [0.05, 0.1) is 50.6 Å². The number of halogens is 3. The molecule has 0 aliphatic carbocycles. The minimum atomic E-state index is 0. The zero-order valence-electron chi connectivity index (χ0n) is 34.6. The molecule has 0 saturated heterocycles. The number of amidine groups is 2. The summed E-state index contributed by atoms with van der Waals surface area (Å²) in [5.41, 5.74) is 14.9. The second kappa shape index (κ2) is 35.7. The molecule has 0 spiro atoms. The van der Waals surface area contributed by atoms with Crippen LogP contribution in [-0.2, 0) is 25.8 Å². The van der Waals surface area contributed by atoms with E-state index >= 15 is 0 Å². The van der Waals surface area contributed by atoms with Gasteiger partial charge in [0.25, 0.3) is 0 Å². The maximum Gasteiger partial charge on any atom is 0.239 e. The highest BCUT2D eigenvalue weighted by molar-refractivity contribution is 5.86. The van der Waals surface area contributed by atoms with Crippen molar-refractivity contribution in [1.29, 1.82) is 16.1 Å². The molecule has 0 saturated carbocycles. The fraction of sp³-hybridized carbons (Fsp3) is 0.391. The van der Waals surface area contributed by atoms with Crippen LogP contribution < -0.4 is 36.6 Å². The Balaban J connectivity index is 0. The summed E-state index contributed by atoms with van der Waals surface area (Å²) in [7, 11) is 0. The maximum atomic E-state index is 8.65. The molecule has 0 heterocycles. The summed E-state index contributed by atoms with van der Waals surface area (Å²) in [5, 5.41) is 23.3. The van der Waals surface area contributed by atoms with E-state index in [9.17, 15) is 0 Å². The molecule has 0 fully saturated rings. The van der Waals surface area contributed by atoms with Crippen molar-refractivity contribution in [1.82, 2.24) is 6.15 Å². The molecule has 9 N–H and O–H groups in total. The lowest BCUT2D eigenvalue weighted by Crippen LogP contribution is -2.12. The van der Waals surface area contributed by atoms with Crippen LogP contribution in [0.25, 0.3) is 4.85 Å². The Bertz CT molecular complexity index is 1650. The number of nitrogens with two attached hydrogens (primary N) is 2. The van der Waals surface area contributed by atoms with E-state index in [-0.39, 0.29) is 55.0 Å². The fourth-order valence-electron chi connectivity index (χ4n) is 5.65. The first-order valence-corrected chi connectivity index (χ1v) is 19.6. The van der Waals surface area contributed by atoms with E-state index in [1.165, 1.54) is 12.8 Å². The van der Waals surface area contributed by atoms with Crippen molar-refractivity contribution in [2.45, 2.75) is 90.0 Å². The van der Waals surface area contributed by atoms with E-state index in [4.69, 9.17) is 53.1 Å². The second-order valence-corrected chi connectivity index (χ2v) is 13.6. The summed E-state index contributed by atoms with van der Waals surface area (Å²) in [6.07, 6.45) is 12.5. The van der Waals surface area contributed by atoms with Gasteiger partial charge in [0.1, 0.15) is 23.0 Å². The molecule has 0 aromatic heterocycles. The van der Waals surface area contributed by atoms with E-state index in [1.807, 2.05) is 97.1 Å². The first-order valence-electron chi connectivity index (χ1n) is 19.6. The molecule has 0 aliphatic rings. The highest BCUT2D eigenvalue weighted by Crippen LogP contribution is 2.17. The van der Waals surface area contributed by atoms with Crippen molar-refractivity contribution in [3.05, 3.63) is 131 Å². The Morgan fingerprint density at radius 1 is 0.483 bits per heavy atom. The van der Waals surface area contributed by atoms with Crippen molar-refractivity contribution >= 4 is 48.9 Å². The number of nitrogens with zero attached hydrogens (tertiary/aromatic N) is 2. The van der Waals surface area contributed by atoms with Crippen LogP contribution in [0.3, 0.4) is 0 Å². The molecule has 11 nitrogen and oxygen atoms in total. The molecular weight excluding hydrogens is 821 g/mol. The lowest BCUT2D eigenvalue weighted by atomic mass is 10.1. The quantitative estimate of drug-likeness (QED) is 0.0177. The number of nitriles is 1. The highest BCUT2D eigenvalue weighted by atomic mass is 35.5. The van der Waals surface area contributed by atoms with Gasteiger partial charge in [-0.25, -0.2) is 6.57 Å². The molecule has 0 unspecified atom stereocenters. The number of hydrogen-bond donors (Lipinski definition) is 5. The normalized spacial score (nSPS) is 9.57. The second-order valence-electron chi connectivity index (χ2n) is 13.6. The van der Waals surface area contributed by atoms with Crippen molar-refractivity contribution in [2.75, 3.05) is 26.4 Å². The van der Waals surface area contributed by atoms with Crippen LogP contribution in [0.2, 0.25) is 0 Å². The Morgan fingerprint density at radius 3 is 1.02 bits per heavy atom. The molecule has 4 aromatic rings. The molecular formula is C46H64Cl3N7O4. The van der Waals surface area contributed by atoms with Crippen LogP contribution >= 0.6 is 37.2 Å². The predicted molar refractivity (Wildman–Crippen MR) is 252 cm³/mol. The van der Waals surface area contributed by atoms with Crippen molar-refractivity contribution in [2.24, 2.45) is 11.5 Å². The minimum absolute atomic E-state index is 0. The molecule has 0 aliphatic heterocycles. The monoisotopic (exact) mass is 883 g/mol. The van der Waals surface area contributed by atoms with Gasteiger partial charge >= 0.3 is 0 Å². The van der Waals surface area contributed by atoms with Gasteiger partial charge in [0.2, 0.25) is 6.54 Å². The molecule has 0 amide bonds. The van der Waals surface area contributed by atoms with E-state index in [0.717, 1.165) is 123 Å². The fourth-order valence-corrected chi connectivity index (χ4v) is 5.65. The lowest BCUT2D eigenvalue weighted by molar-refractivity contribution is 0.293. The van der Waals surface area contributed by atoms with Crippen LogP contribution in [-0.4, -0.2) is 38.1 Å². The third-order valence-electron chi connectivity index (χ3n) is 8.68. The summed E-state index contributed by atoms with van der Waals surface area (Å²) in [6, 6.07) is 33.2. The van der Waals surface area contributed by atoms with Gasteiger partial charge < -0.3 is 41.4 Å². The van der Waals surface area contributed by atoms with Crippen molar-refractivity contribution in [3.63, 3.8) is 0 Å². The molecule has 4 aromatic carbocycles. The highest BCUT2D eigenvalue weighted by Gasteiger charge is 2.02. The van der Waals surface area contributed by atoms with Crippen LogP contribution in [0.5, 0.6) is 23.0 Å². The average molecular weight is 885 g/mol. The van der Waals surface area contributed by atoms with E-state index in [0.29, 0.717) is 25.8 Å². The van der Waals surface area contributed by atoms with Crippen molar-refractivity contribution < 1.29 is 18.9 Å². The van der Waals surface area contributed by atoms with Gasteiger partial charge in [0, 0.05) is 18.4 Å². The zero-order chi connectivity index (χ0) is 40.1. The summed E-state index contributed by atoms with van der Waals surface area (Å²) in [5.74, 6) is 3.81. The van der Waals surface area contributed by atoms with Gasteiger partial charge in [-0.2, -0.15) is 5.26 Å². The van der Waals surface area contributed by atoms with Crippen LogP contribution in [0.1, 0.15) is 86.5 Å². The average Bonchev–Trinajstić information content (AvgIpc) is 3.19. The number of ether oxygens (including phenoxy) is 4. The molecule has 0 bridgehead atoms. The minimum Gasteiger partial charge on any atom is -0.494 e. The van der Waals surface area contributed by atoms with Crippen LogP contribution in [0, 0.1) is 28.7 Å². The van der Waals surface area contributed by atoms with Gasteiger partial charge in [0.15, 0.2) is 0 Å². The summed E-state index contributed by atoms with van der Waals surface area (Å²) < 4.78 is 23.0. The number of unbranched alkanes of at least 4 members (excludes halogenated alkanes) is 8. The number of nitrogens with one attached hydrogen (secondary N) is 2.